The third-order valence-corrected chi connectivity index (χ3v) is 3.49. The van der Waals surface area contributed by atoms with Crippen molar-refractivity contribution in [3.63, 3.8) is 0 Å². The highest BCUT2D eigenvalue weighted by molar-refractivity contribution is 6.42. The summed E-state index contributed by atoms with van der Waals surface area (Å²) in [6, 6.07) is 4.16. The number of halogens is 2. The molecule has 0 spiro atoms. The molecule has 1 heterocycles. The lowest BCUT2D eigenvalue weighted by atomic mass is 10.1. The first-order chi connectivity index (χ1) is 8.88. The first-order valence-corrected chi connectivity index (χ1v) is 6.47. The molecule has 0 saturated heterocycles. The topological polar surface area (TPSA) is 63.8 Å². The van der Waals surface area contributed by atoms with Gasteiger partial charge in [-0.3, -0.25) is 0 Å². The van der Waals surface area contributed by atoms with E-state index in [1.807, 2.05) is 13.8 Å². The molecule has 0 bridgehead atoms. The molecule has 2 aromatic rings. The lowest BCUT2D eigenvalue weighted by Gasteiger charge is -2.13. The molecule has 2 rings (SSSR count). The van der Waals surface area contributed by atoms with Gasteiger partial charge >= 0.3 is 0 Å². The zero-order valence-corrected chi connectivity index (χ0v) is 12.4. The van der Waals surface area contributed by atoms with Crippen LogP contribution in [-0.2, 0) is 0 Å². The van der Waals surface area contributed by atoms with Crippen molar-refractivity contribution in [2.45, 2.75) is 20.8 Å². The summed E-state index contributed by atoms with van der Waals surface area (Å²) in [4.78, 5) is 8.14. The Kier molecular flexibility index (Phi) is 3.83. The van der Waals surface area contributed by atoms with Crippen LogP contribution < -0.4 is 11.1 Å². The maximum atomic E-state index is 5.89. The van der Waals surface area contributed by atoms with E-state index in [1.54, 1.807) is 0 Å². The second-order valence-electron chi connectivity index (χ2n) is 4.44. The zero-order valence-electron chi connectivity index (χ0n) is 10.9. The Bertz CT molecular complexity index is 595. The van der Waals surface area contributed by atoms with Crippen molar-refractivity contribution in [3.8, 4) is 0 Å². The van der Waals surface area contributed by atoms with E-state index in [-0.39, 0.29) is 16.0 Å². The second kappa shape index (κ2) is 5.23. The Labute approximate surface area is 122 Å². The fraction of sp³-hybridized carbons (Fsp3) is 0.231. The molecule has 0 amide bonds. The van der Waals surface area contributed by atoms with Crippen LogP contribution in [0.3, 0.4) is 0 Å². The van der Waals surface area contributed by atoms with Gasteiger partial charge in [0.15, 0.2) is 5.15 Å². The number of nitrogen functional groups attached to an aromatic ring is 1. The largest absolute Gasteiger partial charge is 0.382 e. The summed E-state index contributed by atoms with van der Waals surface area (Å²) >= 11 is 11.7. The minimum absolute atomic E-state index is 0.138. The Hall–Kier alpha value is -1.52. The molecule has 4 nitrogen and oxygen atoms in total. The fourth-order valence-electron chi connectivity index (χ4n) is 1.98. The number of nitrogens with zero attached hydrogens (tertiary/aromatic N) is 2. The van der Waals surface area contributed by atoms with Crippen LogP contribution in [0.1, 0.15) is 16.7 Å². The summed E-state index contributed by atoms with van der Waals surface area (Å²) in [6.45, 7) is 6.09. The summed E-state index contributed by atoms with van der Waals surface area (Å²) in [5, 5.41) is 3.44. The zero-order chi connectivity index (χ0) is 14.2. The van der Waals surface area contributed by atoms with E-state index in [0.717, 1.165) is 16.8 Å². The first-order valence-electron chi connectivity index (χ1n) is 5.72. The third-order valence-electron chi connectivity index (χ3n) is 2.75. The minimum Gasteiger partial charge on any atom is -0.382 e. The number of nitrogens with two attached hydrogens (primary N) is 1. The van der Waals surface area contributed by atoms with Crippen LogP contribution in [0.5, 0.6) is 0 Å². The SMILES string of the molecule is Cc1cc(C)c(Nc2nc(N)c(Cl)c(Cl)n2)c(C)c1. The summed E-state index contributed by atoms with van der Waals surface area (Å²) in [5.41, 5.74) is 10.0. The molecule has 0 aliphatic rings. The molecule has 0 aliphatic carbocycles. The highest BCUT2D eigenvalue weighted by Gasteiger charge is 2.11. The predicted octanol–water partition coefficient (Wildman–Crippen LogP) is 4.03. The maximum absolute atomic E-state index is 5.89. The van der Waals surface area contributed by atoms with Gasteiger partial charge in [0.25, 0.3) is 0 Å². The number of hydrogen-bond acceptors (Lipinski definition) is 4. The van der Waals surface area contributed by atoms with E-state index >= 15 is 0 Å². The first kappa shape index (κ1) is 13.9. The highest BCUT2D eigenvalue weighted by atomic mass is 35.5. The molecular weight excluding hydrogens is 283 g/mol. The van der Waals surface area contributed by atoms with Gasteiger partial charge < -0.3 is 11.1 Å². The molecule has 1 aromatic heterocycles. The van der Waals surface area contributed by atoms with Crippen LogP contribution >= 0.6 is 23.2 Å². The van der Waals surface area contributed by atoms with Gasteiger partial charge in [-0.2, -0.15) is 9.97 Å². The molecule has 1 aromatic carbocycles. The van der Waals surface area contributed by atoms with Gasteiger partial charge in [-0.15, -0.1) is 0 Å². The van der Waals surface area contributed by atoms with Crippen molar-refractivity contribution in [1.29, 1.82) is 0 Å². The summed E-state index contributed by atoms with van der Waals surface area (Å²) < 4.78 is 0. The molecule has 0 radical (unpaired) electrons. The Morgan fingerprint density at radius 3 is 2.16 bits per heavy atom. The molecule has 100 valence electrons. The van der Waals surface area contributed by atoms with E-state index < -0.39 is 0 Å². The number of rotatable bonds is 2. The van der Waals surface area contributed by atoms with Gasteiger partial charge in [-0.25, -0.2) is 0 Å². The Morgan fingerprint density at radius 2 is 1.63 bits per heavy atom. The molecular formula is C13H14Cl2N4. The summed E-state index contributed by atoms with van der Waals surface area (Å²) in [7, 11) is 0. The van der Waals surface area contributed by atoms with Crippen molar-refractivity contribution in [2.24, 2.45) is 0 Å². The van der Waals surface area contributed by atoms with E-state index in [2.05, 4.69) is 34.3 Å². The smallest absolute Gasteiger partial charge is 0.230 e. The average molecular weight is 297 g/mol. The monoisotopic (exact) mass is 296 g/mol. The van der Waals surface area contributed by atoms with Crippen LogP contribution in [-0.4, -0.2) is 9.97 Å². The van der Waals surface area contributed by atoms with Crippen molar-refractivity contribution in [2.75, 3.05) is 11.1 Å². The quantitative estimate of drug-likeness (QED) is 0.821. The van der Waals surface area contributed by atoms with Gasteiger partial charge in [-0.1, -0.05) is 40.9 Å². The lowest BCUT2D eigenvalue weighted by molar-refractivity contribution is 1.16. The molecule has 19 heavy (non-hydrogen) atoms. The van der Waals surface area contributed by atoms with Crippen LogP contribution in [0.4, 0.5) is 17.5 Å². The molecule has 0 atom stereocenters. The van der Waals surface area contributed by atoms with Crippen LogP contribution in [0, 0.1) is 20.8 Å². The van der Waals surface area contributed by atoms with Crippen LogP contribution in [0.15, 0.2) is 12.1 Å². The molecule has 6 heteroatoms. The number of aryl methyl sites for hydroxylation is 3. The summed E-state index contributed by atoms with van der Waals surface area (Å²) in [5.74, 6) is 0.494. The van der Waals surface area contributed by atoms with Crippen molar-refractivity contribution in [3.05, 3.63) is 39.0 Å². The highest BCUT2D eigenvalue weighted by Crippen LogP contribution is 2.29. The number of anilines is 3. The molecule has 0 unspecified atom stereocenters. The Morgan fingerprint density at radius 1 is 1.05 bits per heavy atom. The number of nitrogens with one attached hydrogen (secondary N) is 1. The van der Waals surface area contributed by atoms with Gasteiger partial charge in [-0.05, 0) is 31.9 Å². The van der Waals surface area contributed by atoms with E-state index in [4.69, 9.17) is 28.9 Å². The van der Waals surface area contributed by atoms with Gasteiger partial charge in [0.1, 0.15) is 10.8 Å². The molecule has 3 N–H and O–H groups in total. The average Bonchev–Trinajstić information content (AvgIpc) is 2.30. The van der Waals surface area contributed by atoms with Crippen molar-refractivity contribution in [1.82, 2.24) is 9.97 Å². The van der Waals surface area contributed by atoms with Gasteiger partial charge in [0.2, 0.25) is 5.95 Å². The van der Waals surface area contributed by atoms with Crippen molar-refractivity contribution >= 4 is 40.7 Å². The predicted molar refractivity (Wildman–Crippen MR) is 80.4 cm³/mol. The number of hydrogen-bond donors (Lipinski definition) is 2. The van der Waals surface area contributed by atoms with Gasteiger partial charge in [0.05, 0.1) is 0 Å². The second-order valence-corrected chi connectivity index (χ2v) is 5.17. The van der Waals surface area contributed by atoms with Crippen molar-refractivity contribution < 1.29 is 0 Å². The molecule has 0 saturated carbocycles. The van der Waals surface area contributed by atoms with E-state index in [1.165, 1.54) is 5.56 Å². The van der Waals surface area contributed by atoms with Crippen LogP contribution in [0.2, 0.25) is 10.2 Å². The molecule has 0 fully saturated rings. The number of aromatic nitrogens is 2. The lowest BCUT2D eigenvalue weighted by Crippen LogP contribution is -2.04. The summed E-state index contributed by atoms with van der Waals surface area (Å²) in [6.07, 6.45) is 0. The standard InChI is InChI=1S/C13H14Cl2N4/c1-6-4-7(2)10(8(3)5-6)17-13-18-11(15)9(14)12(16)19-13/h4-5H,1-3H3,(H3,16,17,18,19). The maximum Gasteiger partial charge on any atom is 0.230 e. The van der Waals surface area contributed by atoms with Gasteiger partial charge in [0, 0.05) is 5.69 Å². The Balaban J connectivity index is 2.42. The van der Waals surface area contributed by atoms with E-state index in [9.17, 15) is 0 Å². The fourth-order valence-corrected chi connectivity index (χ4v) is 2.24. The minimum atomic E-state index is 0.138. The number of benzene rings is 1. The van der Waals surface area contributed by atoms with Crippen LogP contribution in [0.25, 0.3) is 0 Å². The van der Waals surface area contributed by atoms with E-state index in [0.29, 0.717) is 5.95 Å². The third kappa shape index (κ3) is 2.91. The normalized spacial score (nSPS) is 10.6. The molecule has 0 aliphatic heterocycles.